The second-order valence-corrected chi connectivity index (χ2v) is 6.22. The molecular weight excluding hydrogens is 349 g/mol. The number of hydrogen-bond acceptors (Lipinski definition) is 4. The standard InChI is InChI=1S/C17H17F3N4O2/c1-11-8-12(2)23(22-11)10-13-4-3-5-14(9-13)15(25)24-16(26,6-7-21-24)17(18,19)20/h3-5,7-9,26H,6,10H2,1-2H3/t16-/m0/s1. The van der Waals surface area contributed by atoms with Gasteiger partial charge in [0.1, 0.15) is 0 Å². The molecule has 2 aromatic rings. The Hall–Kier alpha value is -2.68. The predicted molar refractivity (Wildman–Crippen MR) is 87.5 cm³/mol. The molecule has 26 heavy (non-hydrogen) atoms. The number of carbonyl (C=O) groups is 1. The van der Waals surface area contributed by atoms with E-state index in [4.69, 9.17) is 0 Å². The van der Waals surface area contributed by atoms with Crippen molar-refractivity contribution in [2.45, 2.75) is 38.7 Å². The highest BCUT2D eigenvalue weighted by molar-refractivity contribution is 5.96. The molecule has 1 N–H and O–H groups in total. The summed E-state index contributed by atoms with van der Waals surface area (Å²) in [6.45, 7) is 4.11. The largest absolute Gasteiger partial charge is 0.438 e. The highest BCUT2D eigenvalue weighted by atomic mass is 19.4. The summed E-state index contributed by atoms with van der Waals surface area (Å²) in [4.78, 5) is 12.5. The van der Waals surface area contributed by atoms with Crippen molar-refractivity contribution in [3.63, 3.8) is 0 Å². The van der Waals surface area contributed by atoms with E-state index < -0.39 is 24.2 Å². The van der Waals surface area contributed by atoms with Crippen LogP contribution >= 0.6 is 0 Å². The second-order valence-electron chi connectivity index (χ2n) is 6.22. The van der Waals surface area contributed by atoms with Gasteiger partial charge in [-0.3, -0.25) is 9.48 Å². The van der Waals surface area contributed by atoms with E-state index in [0.717, 1.165) is 17.6 Å². The molecule has 1 aromatic carbocycles. The SMILES string of the molecule is Cc1cc(C)n(Cc2cccc(C(=O)N3N=CC[C@]3(O)C(F)(F)F)c2)n1. The zero-order chi connectivity index (χ0) is 19.1. The van der Waals surface area contributed by atoms with E-state index in [1.54, 1.807) is 16.8 Å². The molecule has 2 heterocycles. The molecule has 9 heteroatoms. The molecule has 0 spiro atoms. The molecule has 6 nitrogen and oxygen atoms in total. The molecule has 1 aliphatic rings. The van der Waals surface area contributed by atoms with Crippen LogP contribution in [0, 0.1) is 13.8 Å². The van der Waals surface area contributed by atoms with Gasteiger partial charge in [0.2, 0.25) is 0 Å². The molecule has 1 aliphatic heterocycles. The maximum atomic E-state index is 13.1. The number of hydrazone groups is 1. The van der Waals surface area contributed by atoms with Crippen molar-refractivity contribution in [2.75, 3.05) is 0 Å². The van der Waals surface area contributed by atoms with Crippen LogP contribution in [0.1, 0.15) is 33.7 Å². The Bertz CT molecular complexity index is 875. The lowest BCUT2D eigenvalue weighted by molar-refractivity contribution is -0.297. The fraction of sp³-hybridized carbons (Fsp3) is 0.353. The number of amides is 1. The van der Waals surface area contributed by atoms with Crippen molar-refractivity contribution in [2.24, 2.45) is 5.10 Å². The number of nitrogens with zero attached hydrogens (tertiary/aromatic N) is 4. The molecule has 0 radical (unpaired) electrons. The zero-order valence-corrected chi connectivity index (χ0v) is 14.2. The lowest BCUT2D eigenvalue weighted by atomic mass is 10.1. The van der Waals surface area contributed by atoms with Crippen molar-refractivity contribution in [1.29, 1.82) is 0 Å². The Kier molecular flexibility index (Phi) is 4.35. The monoisotopic (exact) mass is 366 g/mol. The molecule has 0 unspecified atom stereocenters. The van der Waals surface area contributed by atoms with Gasteiger partial charge in [-0.15, -0.1) is 0 Å². The van der Waals surface area contributed by atoms with Crippen LogP contribution in [0.2, 0.25) is 0 Å². The van der Waals surface area contributed by atoms with Crippen molar-refractivity contribution in [3.05, 3.63) is 52.8 Å². The number of alkyl halides is 3. The first-order valence-corrected chi connectivity index (χ1v) is 7.88. The average molecular weight is 366 g/mol. The summed E-state index contributed by atoms with van der Waals surface area (Å²) in [6.07, 6.45) is -4.93. The highest BCUT2D eigenvalue weighted by Gasteiger charge is 2.61. The minimum atomic E-state index is -5.01. The van der Waals surface area contributed by atoms with Gasteiger partial charge >= 0.3 is 6.18 Å². The van der Waals surface area contributed by atoms with Gasteiger partial charge in [-0.2, -0.15) is 28.4 Å². The quantitative estimate of drug-likeness (QED) is 0.908. The first-order valence-electron chi connectivity index (χ1n) is 7.88. The van der Waals surface area contributed by atoms with Crippen molar-refractivity contribution in [1.82, 2.24) is 14.8 Å². The van der Waals surface area contributed by atoms with Crippen LogP contribution < -0.4 is 0 Å². The third kappa shape index (κ3) is 3.10. The van der Waals surface area contributed by atoms with Crippen LogP contribution in [-0.2, 0) is 6.54 Å². The number of aromatic nitrogens is 2. The van der Waals surface area contributed by atoms with Gasteiger partial charge in [-0.25, -0.2) is 0 Å². The van der Waals surface area contributed by atoms with Crippen LogP contribution in [-0.4, -0.2) is 43.9 Å². The molecule has 138 valence electrons. The molecular formula is C17H17F3N4O2. The number of aryl methyl sites for hydroxylation is 2. The Morgan fingerprint density at radius 2 is 2.04 bits per heavy atom. The normalized spacial score (nSPS) is 20.0. The summed E-state index contributed by atoms with van der Waals surface area (Å²) in [6, 6.07) is 8.08. The molecule has 1 amide bonds. The first kappa shape index (κ1) is 18.1. The molecule has 0 fully saturated rings. The Labute approximate surface area is 147 Å². The zero-order valence-electron chi connectivity index (χ0n) is 14.2. The van der Waals surface area contributed by atoms with Crippen LogP contribution in [0.4, 0.5) is 13.2 Å². The van der Waals surface area contributed by atoms with Gasteiger partial charge in [0, 0.05) is 23.9 Å². The molecule has 0 bridgehead atoms. The molecule has 0 aliphatic carbocycles. The van der Waals surface area contributed by atoms with Crippen molar-refractivity contribution in [3.8, 4) is 0 Å². The summed E-state index contributed by atoms with van der Waals surface area (Å²) in [5.41, 5.74) is -0.854. The Balaban J connectivity index is 1.87. The summed E-state index contributed by atoms with van der Waals surface area (Å²) < 4.78 is 41.2. The minimum Gasteiger partial charge on any atom is -0.362 e. The number of hydrogen-bond donors (Lipinski definition) is 1. The van der Waals surface area contributed by atoms with E-state index in [9.17, 15) is 23.1 Å². The number of aliphatic hydroxyl groups is 1. The molecule has 1 aromatic heterocycles. The van der Waals surface area contributed by atoms with Gasteiger partial charge in [-0.05, 0) is 37.6 Å². The van der Waals surface area contributed by atoms with Crippen LogP contribution in [0.15, 0.2) is 35.4 Å². The smallest absolute Gasteiger partial charge is 0.362 e. The van der Waals surface area contributed by atoms with E-state index in [1.807, 2.05) is 19.9 Å². The maximum absolute atomic E-state index is 13.1. The molecule has 0 saturated carbocycles. The summed E-state index contributed by atoms with van der Waals surface area (Å²) >= 11 is 0. The fourth-order valence-corrected chi connectivity index (χ4v) is 2.82. The molecule has 0 saturated heterocycles. The average Bonchev–Trinajstić information content (AvgIpc) is 3.10. The minimum absolute atomic E-state index is 0.00533. The van der Waals surface area contributed by atoms with Crippen LogP contribution in [0.3, 0.4) is 0 Å². The van der Waals surface area contributed by atoms with Crippen molar-refractivity contribution < 1.29 is 23.1 Å². The van der Waals surface area contributed by atoms with Crippen molar-refractivity contribution >= 4 is 12.1 Å². The first-order chi connectivity index (χ1) is 12.1. The topological polar surface area (TPSA) is 70.7 Å². The molecule has 3 rings (SSSR count). The summed E-state index contributed by atoms with van der Waals surface area (Å²) in [5.74, 6) is -1.02. The highest BCUT2D eigenvalue weighted by Crippen LogP contribution is 2.39. The van der Waals surface area contributed by atoms with Gasteiger partial charge < -0.3 is 5.11 Å². The van der Waals surface area contributed by atoms with Crippen LogP contribution in [0.25, 0.3) is 0 Å². The number of halogens is 3. The number of carbonyl (C=O) groups excluding carboxylic acids is 1. The van der Waals surface area contributed by atoms with Gasteiger partial charge in [0.25, 0.3) is 11.6 Å². The maximum Gasteiger partial charge on any atom is 0.438 e. The number of benzene rings is 1. The Morgan fingerprint density at radius 3 is 2.65 bits per heavy atom. The number of rotatable bonds is 3. The summed E-state index contributed by atoms with van der Waals surface area (Å²) in [7, 11) is 0. The van der Waals surface area contributed by atoms with E-state index in [2.05, 4.69) is 10.2 Å². The van der Waals surface area contributed by atoms with Crippen LogP contribution in [0.5, 0.6) is 0 Å². The molecule has 1 atom stereocenters. The second kappa shape index (κ2) is 6.24. The van der Waals surface area contributed by atoms with Gasteiger partial charge in [0.15, 0.2) is 0 Å². The lowest BCUT2D eigenvalue weighted by Crippen LogP contribution is -2.56. The third-order valence-corrected chi connectivity index (χ3v) is 4.18. The third-order valence-electron chi connectivity index (χ3n) is 4.18. The predicted octanol–water partition coefficient (Wildman–Crippen LogP) is 2.63. The van der Waals surface area contributed by atoms with Gasteiger partial charge in [-0.1, -0.05) is 12.1 Å². The summed E-state index contributed by atoms with van der Waals surface area (Å²) in [5, 5.41) is 17.8. The van der Waals surface area contributed by atoms with E-state index in [1.165, 1.54) is 12.1 Å². The fourth-order valence-electron chi connectivity index (χ4n) is 2.82. The van der Waals surface area contributed by atoms with E-state index in [-0.39, 0.29) is 10.6 Å². The Morgan fingerprint density at radius 1 is 1.31 bits per heavy atom. The van der Waals surface area contributed by atoms with E-state index in [0.29, 0.717) is 12.1 Å². The lowest BCUT2D eigenvalue weighted by Gasteiger charge is -2.32. The van der Waals surface area contributed by atoms with Gasteiger partial charge in [0.05, 0.1) is 12.2 Å². The van der Waals surface area contributed by atoms with E-state index >= 15 is 0 Å².